The monoisotopic (exact) mass is 373 g/mol. The number of nitrogens with zero attached hydrogens (tertiary/aromatic N) is 7. The molecular formula is C17H17F2N7O. The summed E-state index contributed by atoms with van der Waals surface area (Å²) in [7, 11) is 0. The average Bonchev–Trinajstić information content (AvgIpc) is 3.11. The summed E-state index contributed by atoms with van der Waals surface area (Å²) in [5, 5.41) is 8.24. The number of halogens is 2. The highest BCUT2D eigenvalue weighted by molar-refractivity contribution is 5.94. The molecule has 1 fully saturated rings. The molecule has 0 unspecified atom stereocenters. The predicted octanol–water partition coefficient (Wildman–Crippen LogP) is 1.48. The first-order valence-corrected chi connectivity index (χ1v) is 8.62. The molecule has 0 radical (unpaired) electrons. The van der Waals surface area contributed by atoms with Crippen LogP contribution in [0.3, 0.4) is 0 Å². The predicted molar refractivity (Wildman–Crippen MR) is 93.3 cm³/mol. The average molecular weight is 373 g/mol. The quantitative estimate of drug-likeness (QED) is 0.692. The van der Waals surface area contributed by atoms with Gasteiger partial charge in [0.1, 0.15) is 18.0 Å². The lowest BCUT2D eigenvalue weighted by Gasteiger charge is -2.35. The summed E-state index contributed by atoms with van der Waals surface area (Å²) >= 11 is 0. The Morgan fingerprint density at radius 2 is 1.93 bits per heavy atom. The highest BCUT2D eigenvalue weighted by atomic mass is 19.1. The number of anilines is 1. The number of carbonyl (C=O) groups excluding carboxylic acids is 1. The summed E-state index contributed by atoms with van der Waals surface area (Å²) in [6.45, 7) is 4.42. The molecule has 1 aliphatic heterocycles. The largest absolute Gasteiger partial charge is 0.351 e. The standard InChI is InChI=1S/C17H17F2N7O/c1-2-26-16-14(22-23-26)15(20-10-21-16)24-5-7-25(8-6-24)17(27)12-4-3-11(18)9-13(12)19/h3-4,9-10H,2,5-8H2,1H3. The van der Waals surface area contributed by atoms with E-state index < -0.39 is 17.5 Å². The molecule has 0 N–H and O–H groups in total. The molecule has 0 saturated carbocycles. The van der Waals surface area contributed by atoms with E-state index in [4.69, 9.17) is 0 Å². The minimum Gasteiger partial charge on any atom is -0.351 e. The number of amides is 1. The van der Waals surface area contributed by atoms with Crippen molar-refractivity contribution in [2.45, 2.75) is 13.5 Å². The van der Waals surface area contributed by atoms with Gasteiger partial charge in [-0.2, -0.15) is 0 Å². The van der Waals surface area contributed by atoms with Crippen LogP contribution in [0, 0.1) is 11.6 Å². The van der Waals surface area contributed by atoms with E-state index >= 15 is 0 Å². The molecule has 4 rings (SSSR count). The molecule has 1 aromatic carbocycles. The third kappa shape index (κ3) is 3.07. The van der Waals surface area contributed by atoms with Crippen LogP contribution in [0.4, 0.5) is 14.6 Å². The second kappa shape index (κ2) is 6.86. The summed E-state index contributed by atoms with van der Waals surface area (Å²) in [5.41, 5.74) is 1.15. The third-order valence-electron chi connectivity index (χ3n) is 4.61. The van der Waals surface area contributed by atoms with Gasteiger partial charge in [-0.05, 0) is 19.1 Å². The van der Waals surface area contributed by atoms with Crippen molar-refractivity contribution >= 4 is 22.9 Å². The van der Waals surface area contributed by atoms with Gasteiger partial charge in [-0.1, -0.05) is 5.21 Å². The zero-order valence-electron chi connectivity index (χ0n) is 14.6. The zero-order valence-corrected chi connectivity index (χ0v) is 14.6. The van der Waals surface area contributed by atoms with E-state index in [1.807, 2.05) is 11.8 Å². The molecule has 0 atom stereocenters. The lowest BCUT2D eigenvalue weighted by Crippen LogP contribution is -2.49. The van der Waals surface area contributed by atoms with Gasteiger partial charge in [0.05, 0.1) is 5.56 Å². The van der Waals surface area contributed by atoms with Crippen molar-refractivity contribution in [2.75, 3.05) is 31.1 Å². The number of rotatable bonds is 3. The van der Waals surface area contributed by atoms with Crippen molar-refractivity contribution in [3.8, 4) is 0 Å². The zero-order chi connectivity index (χ0) is 19.0. The number of hydrogen-bond donors (Lipinski definition) is 0. The van der Waals surface area contributed by atoms with E-state index in [0.717, 1.165) is 12.1 Å². The number of carbonyl (C=O) groups is 1. The van der Waals surface area contributed by atoms with Crippen molar-refractivity contribution < 1.29 is 13.6 Å². The maximum atomic E-state index is 13.9. The fraction of sp³-hybridized carbons (Fsp3) is 0.353. The summed E-state index contributed by atoms with van der Waals surface area (Å²) in [6, 6.07) is 2.98. The molecule has 1 amide bonds. The molecule has 140 valence electrons. The summed E-state index contributed by atoms with van der Waals surface area (Å²) in [4.78, 5) is 24.6. The first-order chi connectivity index (χ1) is 13.1. The van der Waals surface area contributed by atoms with Gasteiger partial charge in [0, 0.05) is 38.8 Å². The number of piperazine rings is 1. The number of fused-ring (bicyclic) bond motifs is 1. The van der Waals surface area contributed by atoms with Crippen LogP contribution in [0.2, 0.25) is 0 Å². The van der Waals surface area contributed by atoms with Gasteiger partial charge >= 0.3 is 0 Å². The Morgan fingerprint density at radius 3 is 2.63 bits per heavy atom. The number of aryl methyl sites for hydroxylation is 1. The van der Waals surface area contributed by atoms with Crippen LogP contribution < -0.4 is 4.90 Å². The van der Waals surface area contributed by atoms with Gasteiger partial charge in [0.15, 0.2) is 17.0 Å². The number of benzene rings is 1. The Bertz CT molecular complexity index is 998. The highest BCUT2D eigenvalue weighted by Crippen LogP contribution is 2.22. The fourth-order valence-corrected chi connectivity index (χ4v) is 3.18. The molecule has 3 aromatic rings. The fourth-order valence-electron chi connectivity index (χ4n) is 3.18. The van der Waals surface area contributed by atoms with Crippen LogP contribution in [0.5, 0.6) is 0 Å². The van der Waals surface area contributed by atoms with Crippen LogP contribution in [0.1, 0.15) is 17.3 Å². The molecule has 10 heteroatoms. The van der Waals surface area contributed by atoms with Gasteiger partial charge in [0.2, 0.25) is 0 Å². The van der Waals surface area contributed by atoms with E-state index in [1.54, 1.807) is 9.58 Å². The lowest BCUT2D eigenvalue weighted by molar-refractivity contribution is 0.0742. The van der Waals surface area contributed by atoms with Crippen molar-refractivity contribution in [1.29, 1.82) is 0 Å². The van der Waals surface area contributed by atoms with Gasteiger partial charge in [-0.3, -0.25) is 4.79 Å². The number of aromatic nitrogens is 5. The third-order valence-corrected chi connectivity index (χ3v) is 4.61. The Kier molecular flexibility index (Phi) is 4.38. The maximum absolute atomic E-state index is 13.9. The Labute approximate surface area is 153 Å². The van der Waals surface area contributed by atoms with Crippen LogP contribution >= 0.6 is 0 Å². The van der Waals surface area contributed by atoms with E-state index in [2.05, 4.69) is 20.3 Å². The van der Waals surface area contributed by atoms with Gasteiger partial charge < -0.3 is 9.80 Å². The van der Waals surface area contributed by atoms with Crippen molar-refractivity contribution in [3.63, 3.8) is 0 Å². The topological polar surface area (TPSA) is 80.0 Å². The highest BCUT2D eigenvalue weighted by Gasteiger charge is 2.26. The minimum absolute atomic E-state index is 0.125. The Balaban J connectivity index is 1.51. The molecular weight excluding hydrogens is 356 g/mol. The first kappa shape index (κ1) is 17.3. The number of hydrogen-bond acceptors (Lipinski definition) is 6. The molecule has 1 aliphatic rings. The van der Waals surface area contributed by atoms with Crippen molar-refractivity contribution in [3.05, 3.63) is 41.7 Å². The van der Waals surface area contributed by atoms with Crippen LogP contribution in [-0.4, -0.2) is 61.9 Å². The van der Waals surface area contributed by atoms with Crippen molar-refractivity contribution in [2.24, 2.45) is 0 Å². The Morgan fingerprint density at radius 1 is 1.15 bits per heavy atom. The second-order valence-electron chi connectivity index (χ2n) is 6.18. The smallest absolute Gasteiger partial charge is 0.256 e. The van der Waals surface area contributed by atoms with Crippen LogP contribution in [0.25, 0.3) is 11.2 Å². The maximum Gasteiger partial charge on any atom is 0.256 e. The molecule has 0 bridgehead atoms. The van der Waals surface area contributed by atoms with Gasteiger partial charge in [-0.15, -0.1) is 5.10 Å². The van der Waals surface area contributed by atoms with Gasteiger partial charge in [0.25, 0.3) is 5.91 Å². The normalized spacial score (nSPS) is 14.8. The summed E-state index contributed by atoms with van der Waals surface area (Å²) < 4.78 is 28.6. The molecule has 0 spiro atoms. The Hall–Kier alpha value is -3.17. The van der Waals surface area contributed by atoms with Crippen LogP contribution in [-0.2, 0) is 6.54 Å². The van der Waals surface area contributed by atoms with E-state index in [9.17, 15) is 13.6 Å². The first-order valence-electron chi connectivity index (χ1n) is 8.62. The van der Waals surface area contributed by atoms with E-state index in [1.165, 1.54) is 12.4 Å². The molecule has 3 heterocycles. The SMILES string of the molecule is CCn1nnc2c(N3CCN(C(=O)c4ccc(F)cc4F)CC3)ncnc21. The van der Waals surface area contributed by atoms with Crippen LogP contribution in [0.15, 0.2) is 24.5 Å². The molecule has 2 aromatic heterocycles. The van der Waals surface area contributed by atoms with Crippen molar-refractivity contribution in [1.82, 2.24) is 29.9 Å². The summed E-state index contributed by atoms with van der Waals surface area (Å²) in [5.74, 6) is -1.34. The van der Waals surface area contributed by atoms with E-state index in [-0.39, 0.29) is 5.56 Å². The molecule has 0 aliphatic carbocycles. The lowest BCUT2D eigenvalue weighted by atomic mass is 10.1. The van der Waals surface area contributed by atoms with Gasteiger partial charge in [-0.25, -0.2) is 23.4 Å². The van der Waals surface area contributed by atoms with E-state index in [0.29, 0.717) is 49.7 Å². The second-order valence-corrected chi connectivity index (χ2v) is 6.18. The molecule has 8 nitrogen and oxygen atoms in total. The summed E-state index contributed by atoms with van der Waals surface area (Å²) in [6.07, 6.45) is 1.47. The molecule has 1 saturated heterocycles. The minimum atomic E-state index is -0.851. The molecule has 27 heavy (non-hydrogen) atoms.